The molecule has 2 unspecified atom stereocenters. The normalized spacial score (nSPS) is 28.3. The van der Waals surface area contributed by atoms with Crippen molar-refractivity contribution in [3.05, 3.63) is 0 Å². The summed E-state index contributed by atoms with van der Waals surface area (Å²) in [5.41, 5.74) is 0. The summed E-state index contributed by atoms with van der Waals surface area (Å²) in [6.45, 7) is 1.07. The van der Waals surface area contributed by atoms with E-state index < -0.39 is 0 Å². The van der Waals surface area contributed by atoms with Gasteiger partial charge in [-0.05, 0) is 25.8 Å². The van der Waals surface area contributed by atoms with Gasteiger partial charge in [-0.25, -0.2) is 0 Å². The molecule has 0 aromatic heterocycles. The highest BCUT2D eigenvalue weighted by Crippen LogP contribution is 2.23. The Hall–Kier alpha value is -0.590. The Balaban J connectivity index is 2.24. The summed E-state index contributed by atoms with van der Waals surface area (Å²) < 4.78 is 0. The van der Waals surface area contributed by atoms with E-state index in [0.717, 1.165) is 25.8 Å². The zero-order valence-electron chi connectivity index (χ0n) is 8.00. The van der Waals surface area contributed by atoms with Gasteiger partial charge in [0.05, 0.1) is 12.0 Å². The van der Waals surface area contributed by atoms with E-state index in [1.165, 1.54) is 12.8 Å². The van der Waals surface area contributed by atoms with Crippen molar-refractivity contribution in [2.24, 2.45) is 5.92 Å². The van der Waals surface area contributed by atoms with Crippen molar-refractivity contribution < 1.29 is 5.11 Å². The summed E-state index contributed by atoms with van der Waals surface area (Å²) in [6, 6.07) is 2.72. The largest absolute Gasteiger partial charge is 0.396 e. The van der Waals surface area contributed by atoms with Crippen LogP contribution in [0.4, 0.5) is 0 Å². The number of hydrogen-bond donors (Lipinski definition) is 2. The van der Waals surface area contributed by atoms with Gasteiger partial charge in [-0.1, -0.05) is 12.8 Å². The van der Waals surface area contributed by atoms with E-state index in [0.29, 0.717) is 6.04 Å². The van der Waals surface area contributed by atoms with Crippen molar-refractivity contribution in [2.75, 3.05) is 13.2 Å². The molecular formula is C10H18N2O. The Bertz CT molecular complexity index is 176. The minimum absolute atomic E-state index is 0.187. The Kier molecular flexibility index (Phi) is 4.81. The van der Waals surface area contributed by atoms with Crippen LogP contribution in [0.2, 0.25) is 0 Å². The third kappa shape index (κ3) is 3.33. The molecule has 2 atom stereocenters. The highest BCUT2D eigenvalue weighted by atomic mass is 16.3. The Morgan fingerprint density at radius 1 is 1.38 bits per heavy atom. The molecular weight excluding hydrogens is 164 g/mol. The minimum Gasteiger partial charge on any atom is -0.396 e. The van der Waals surface area contributed by atoms with E-state index in [4.69, 9.17) is 10.4 Å². The molecule has 74 valence electrons. The quantitative estimate of drug-likeness (QED) is 0.639. The van der Waals surface area contributed by atoms with Crippen molar-refractivity contribution in [2.45, 2.75) is 38.1 Å². The summed E-state index contributed by atoms with van der Waals surface area (Å²) in [5.74, 6) is 0.187. The molecule has 2 N–H and O–H groups in total. The highest BCUT2D eigenvalue weighted by molar-refractivity contribution is 4.94. The fraction of sp³-hybridized carbons (Fsp3) is 0.900. The first-order valence-electron chi connectivity index (χ1n) is 5.12. The average molecular weight is 182 g/mol. The number of rotatable bonds is 4. The molecule has 1 fully saturated rings. The lowest BCUT2D eigenvalue weighted by Gasteiger charge is -2.27. The molecule has 0 aliphatic heterocycles. The van der Waals surface area contributed by atoms with Gasteiger partial charge in [0.25, 0.3) is 0 Å². The molecule has 3 nitrogen and oxygen atoms in total. The van der Waals surface area contributed by atoms with Crippen molar-refractivity contribution >= 4 is 0 Å². The second kappa shape index (κ2) is 5.95. The first-order chi connectivity index (χ1) is 6.38. The van der Waals surface area contributed by atoms with Crippen LogP contribution in [0.1, 0.15) is 32.1 Å². The van der Waals surface area contributed by atoms with Gasteiger partial charge in [-0.2, -0.15) is 5.26 Å². The molecule has 1 saturated carbocycles. The molecule has 0 radical (unpaired) electrons. The third-order valence-electron chi connectivity index (χ3n) is 2.67. The minimum atomic E-state index is 0.187. The Labute approximate surface area is 79.8 Å². The fourth-order valence-electron chi connectivity index (χ4n) is 1.90. The van der Waals surface area contributed by atoms with Crippen LogP contribution in [-0.2, 0) is 0 Å². The Morgan fingerprint density at radius 3 is 2.85 bits per heavy atom. The van der Waals surface area contributed by atoms with Crippen LogP contribution < -0.4 is 5.32 Å². The first-order valence-corrected chi connectivity index (χ1v) is 5.12. The van der Waals surface area contributed by atoms with E-state index >= 15 is 0 Å². The van der Waals surface area contributed by atoms with Gasteiger partial charge in [0, 0.05) is 12.6 Å². The maximum Gasteiger partial charge on any atom is 0.0672 e. The standard InChI is InChI=1S/C10H18N2O/c11-8-9-4-1-2-5-10(9)12-6-3-7-13/h9-10,12-13H,1-7H2. The third-order valence-corrected chi connectivity index (χ3v) is 2.67. The predicted molar refractivity (Wildman–Crippen MR) is 51.1 cm³/mol. The SMILES string of the molecule is N#CC1CCCCC1NCCCO. The monoisotopic (exact) mass is 182 g/mol. The smallest absolute Gasteiger partial charge is 0.0672 e. The van der Waals surface area contributed by atoms with Crippen molar-refractivity contribution in [3.63, 3.8) is 0 Å². The maximum atomic E-state index is 8.88. The maximum absolute atomic E-state index is 8.88. The molecule has 0 heterocycles. The van der Waals surface area contributed by atoms with E-state index in [2.05, 4.69) is 11.4 Å². The second-order valence-corrected chi connectivity index (χ2v) is 3.66. The molecule has 13 heavy (non-hydrogen) atoms. The van der Waals surface area contributed by atoms with Gasteiger partial charge < -0.3 is 10.4 Å². The van der Waals surface area contributed by atoms with Crippen LogP contribution in [0.25, 0.3) is 0 Å². The van der Waals surface area contributed by atoms with Crippen LogP contribution in [0.15, 0.2) is 0 Å². The van der Waals surface area contributed by atoms with Crippen LogP contribution in [0.5, 0.6) is 0 Å². The highest BCUT2D eigenvalue weighted by Gasteiger charge is 2.23. The van der Waals surface area contributed by atoms with Gasteiger partial charge in [-0.3, -0.25) is 0 Å². The lowest BCUT2D eigenvalue weighted by atomic mass is 9.85. The molecule has 0 spiro atoms. The van der Waals surface area contributed by atoms with Crippen molar-refractivity contribution in [1.82, 2.24) is 5.32 Å². The van der Waals surface area contributed by atoms with E-state index in [9.17, 15) is 0 Å². The lowest BCUT2D eigenvalue weighted by molar-refractivity contribution is 0.267. The van der Waals surface area contributed by atoms with Crippen LogP contribution in [-0.4, -0.2) is 24.3 Å². The Morgan fingerprint density at radius 2 is 2.15 bits per heavy atom. The van der Waals surface area contributed by atoms with Gasteiger partial charge in [-0.15, -0.1) is 0 Å². The molecule has 0 aromatic rings. The van der Waals surface area contributed by atoms with Crippen LogP contribution in [0, 0.1) is 17.2 Å². The molecule has 0 aromatic carbocycles. The number of aliphatic hydroxyl groups is 1. The van der Waals surface area contributed by atoms with Gasteiger partial charge in [0.2, 0.25) is 0 Å². The zero-order valence-corrected chi connectivity index (χ0v) is 8.00. The first kappa shape index (κ1) is 10.5. The fourth-order valence-corrected chi connectivity index (χ4v) is 1.90. The molecule has 0 saturated heterocycles. The van der Waals surface area contributed by atoms with E-state index in [1.54, 1.807) is 0 Å². The van der Waals surface area contributed by atoms with E-state index in [-0.39, 0.29) is 12.5 Å². The lowest BCUT2D eigenvalue weighted by Crippen LogP contribution is -2.38. The molecule has 1 aliphatic rings. The predicted octanol–water partition coefficient (Wildman–Crippen LogP) is 1.04. The molecule has 0 amide bonds. The number of aliphatic hydroxyl groups excluding tert-OH is 1. The number of nitriles is 1. The van der Waals surface area contributed by atoms with Crippen molar-refractivity contribution in [1.29, 1.82) is 5.26 Å². The van der Waals surface area contributed by atoms with Crippen LogP contribution >= 0.6 is 0 Å². The van der Waals surface area contributed by atoms with Crippen LogP contribution in [0.3, 0.4) is 0 Å². The number of nitrogens with one attached hydrogen (secondary N) is 1. The summed E-state index contributed by atoms with van der Waals surface area (Å²) in [5, 5.41) is 20.8. The number of hydrogen-bond acceptors (Lipinski definition) is 3. The summed E-state index contributed by atoms with van der Waals surface area (Å²) in [6.07, 6.45) is 5.36. The number of nitrogens with zero attached hydrogens (tertiary/aromatic N) is 1. The zero-order chi connectivity index (χ0) is 9.52. The molecule has 0 bridgehead atoms. The molecule has 1 rings (SSSR count). The second-order valence-electron chi connectivity index (χ2n) is 3.66. The van der Waals surface area contributed by atoms with E-state index in [1.807, 2.05) is 0 Å². The van der Waals surface area contributed by atoms with Gasteiger partial charge in [0.15, 0.2) is 0 Å². The summed E-state index contributed by atoms with van der Waals surface area (Å²) in [7, 11) is 0. The molecule has 1 aliphatic carbocycles. The van der Waals surface area contributed by atoms with Gasteiger partial charge in [0.1, 0.15) is 0 Å². The van der Waals surface area contributed by atoms with Crippen molar-refractivity contribution in [3.8, 4) is 6.07 Å². The van der Waals surface area contributed by atoms with Gasteiger partial charge >= 0.3 is 0 Å². The average Bonchev–Trinajstić information content (AvgIpc) is 2.19. The summed E-state index contributed by atoms with van der Waals surface area (Å²) >= 11 is 0. The topological polar surface area (TPSA) is 56.0 Å². The summed E-state index contributed by atoms with van der Waals surface area (Å²) in [4.78, 5) is 0. The molecule has 3 heteroatoms.